The van der Waals surface area contributed by atoms with E-state index in [1.165, 1.54) is 57.9 Å². The number of hydrogen-bond donors (Lipinski definition) is 1. The second kappa shape index (κ2) is 6.44. The summed E-state index contributed by atoms with van der Waals surface area (Å²) in [4.78, 5) is 0. The summed E-state index contributed by atoms with van der Waals surface area (Å²) >= 11 is 0. The molecule has 2 aliphatic carbocycles. The van der Waals surface area contributed by atoms with Crippen molar-refractivity contribution in [2.75, 3.05) is 6.54 Å². The minimum atomic E-state index is 0.676. The first kappa shape index (κ1) is 12.2. The largest absolute Gasteiger partial charge is 0.311 e. The molecule has 1 fully saturated rings. The van der Waals surface area contributed by atoms with E-state index in [2.05, 4.69) is 24.4 Å². The first-order chi connectivity index (χ1) is 7.84. The van der Waals surface area contributed by atoms with Crippen LogP contribution in [0.25, 0.3) is 0 Å². The average molecular weight is 221 g/mol. The maximum Gasteiger partial charge on any atom is 0.0250 e. The van der Waals surface area contributed by atoms with Crippen molar-refractivity contribution in [3.8, 4) is 0 Å². The highest BCUT2D eigenvalue weighted by Gasteiger charge is 2.18. The van der Waals surface area contributed by atoms with Crippen LogP contribution in [0.1, 0.15) is 58.3 Å². The Morgan fingerprint density at radius 3 is 2.88 bits per heavy atom. The lowest BCUT2D eigenvalue weighted by Crippen LogP contribution is -2.30. The SMILES string of the molecule is CC1CCCC(CCNC2C=CCCC2)C1. The van der Waals surface area contributed by atoms with Crippen molar-refractivity contribution in [1.82, 2.24) is 5.32 Å². The molecule has 0 amide bonds. The molecule has 3 unspecified atom stereocenters. The van der Waals surface area contributed by atoms with E-state index in [0.29, 0.717) is 6.04 Å². The fraction of sp³-hybridized carbons (Fsp3) is 0.867. The summed E-state index contributed by atoms with van der Waals surface area (Å²) in [6, 6.07) is 0.676. The highest BCUT2D eigenvalue weighted by molar-refractivity contribution is 4.97. The van der Waals surface area contributed by atoms with Gasteiger partial charge >= 0.3 is 0 Å². The molecule has 2 rings (SSSR count). The van der Waals surface area contributed by atoms with Crippen molar-refractivity contribution in [3.63, 3.8) is 0 Å². The van der Waals surface area contributed by atoms with Crippen LogP contribution in [0.15, 0.2) is 12.2 Å². The average Bonchev–Trinajstić information content (AvgIpc) is 2.30. The van der Waals surface area contributed by atoms with Crippen molar-refractivity contribution < 1.29 is 0 Å². The van der Waals surface area contributed by atoms with E-state index in [-0.39, 0.29) is 0 Å². The Balaban J connectivity index is 1.60. The zero-order valence-electron chi connectivity index (χ0n) is 10.8. The van der Waals surface area contributed by atoms with E-state index >= 15 is 0 Å². The highest BCUT2D eigenvalue weighted by atomic mass is 14.9. The van der Waals surface area contributed by atoms with Gasteiger partial charge in [0, 0.05) is 6.04 Å². The molecule has 1 heteroatoms. The molecular formula is C15H27N. The summed E-state index contributed by atoms with van der Waals surface area (Å²) < 4.78 is 0. The van der Waals surface area contributed by atoms with Gasteiger partial charge in [-0.15, -0.1) is 0 Å². The zero-order chi connectivity index (χ0) is 11.2. The van der Waals surface area contributed by atoms with Crippen molar-refractivity contribution in [3.05, 3.63) is 12.2 Å². The van der Waals surface area contributed by atoms with Gasteiger partial charge in [0.05, 0.1) is 0 Å². The number of allylic oxidation sites excluding steroid dienone is 1. The lowest BCUT2D eigenvalue weighted by molar-refractivity contribution is 0.265. The summed E-state index contributed by atoms with van der Waals surface area (Å²) in [5.41, 5.74) is 0. The van der Waals surface area contributed by atoms with Crippen molar-refractivity contribution in [2.45, 2.75) is 64.3 Å². The maximum absolute atomic E-state index is 3.70. The minimum absolute atomic E-state index is 0.676. The number of nitrogens with one attached hydrogen (secondary N) is 1. The first-order valence-corrected chi connectivity index (χ1v) is 7.24. The van der Waals surface area contributed by atoms with Crippen molar-refractivity contribution in [1.29, 1.82) is 0 Å². The summed E-state index contributed by atoms with van der Waals surface area (Å²) in [5, 5.41) is 3.70. The molecule has 16 heavy (non-hydrogen) atoms. The predicted octanol–water partition coefficient (Wildman–Crippen LogP) is 3.90. The van der Waals surface area contributed by atoms with Crippen LogP contribution < -0.4 is 5.32 Å². The van der Waals surface area contributed by atoms with Gasteiger partial charge in [-0.25, -0.2) is 0 Å². The Bertz CT molecular complexity index is 221. The Labute approximate surface area is 101 Å². The van der Waals surface area contributed by atoms with Gasteiger partial charge in [-0.2, -0.15) is 0 Å². The molecule has 0 aromatic carbocycles. The van der Waals surface area contributed by atoms with Gasteiger partial charge in [-0.05, 0) is 50.5 Å². The second-order valence-electron chi connectivity index (χ2n) is 5.85. The van der Waals surface area contributed by atoms with Crippen LogP contribution in [0.3, 0.4) is 0 Å². The van der Waals surface area contributed by atoms with Gasteiger partial charge in [0.25, 0.3) is 0 Å². The van der Waals surface area contributed by atoms with Crippen molar-refractivity contribution >= 4 is 0 Å². The van der Waals surface area contributed by atoms with Crippen LogP contribution in [0, 0.1) is 11.8 Å². The molecule has 2 aliphatic rings. The molecule has 0 bridgehead atoms. The van der Waals surface area contributed by atoms with Gasteiger partial charge in [0.2, 0.25) is 0 Å². The van der Waals surface area contributed by atoms with Crippen LogP contribution in [0.2, 0.25) is 0 Å². The van der Waals surface area contributed by atoms with Gasteiger partial charge in [-0.1, -0.05) is 38.3 Å². The maximum atomic E-state index is 3.70. The molecule has 0 heterocycles. The molecule has 0 aromatic heterocycles. The van der Waals surface area contributed by atoms with Gasteiger partial charge in [0.15, 0.2) is 0 Å². The molecule has 3 atom stereocenters. The quantitative estimate of drug-likeness (QED) is 0.710. The molecule has 0 aromatic rings. The summed E-state index contributed by atoms with van der Waals surface area (Å²) in [7, 11) is 0. The monoisotopic (exact) mass is 221 g/mol. The predicted molar refractivity (Wildman–Crippen MR) is 70.5 cm³/mol. The Morgan fingerprint density at radius 2 is 2.12 bits per heavy atom. The van der Waals surface area contributed by atoms with E-state index in [4.69, 9.17) is 0 Å². The number of hydrogen-bond acceptors (Lipinski definition) is 1. The summed E-state index contributed by atoms with van der Waals surface area (Å²) in [6.07, 6.45) is 16.0. The molecular weight excluding hydrogens is 194 g/mol. The molecule has 0 spiro atoms. The second-order valence-corrected chi connectivity index (χ2v) is 5.85. The molecule has 92 valence electrons. The van der Waals surface area contributed by atoms with Gasteiger partial charge in [0.1, 0.15) is 0 Å². The smallest absolute Gasteiger partial charge is 0.0250 e. The molecule has 0 saturated heterocycles. The van der Waals surface area contributed by atoms with Crippen LogP contribution in [0.5, 0.6) is 0 Å². The zero-order valence-corrected chi connectivity index (χ0v) is 10.8. The van der Waals surface area contributed by atoms with Gasteiger partial charge < -0.3 is 5.32 Å². The van der Waals surface area contributed by atoms with Gasteiger partial charge in [-0.3, -0.25) is 0 Å². The van der Waals surface area contributed by atoms with Crippen LogP contribution in [-0.2, 0) is 0 Å². The fourth-order valence-corrected chi connectivity index (χ4v) is 3.28. The third-order valence-corrected chi connectivity index (χ3v) is 4.26. The lowest BCUT2D eigenvalue weighted by Gasteiger charge is -2.27. The standard InChI is InChI=1S/C15H27N/c1-13-6-5-7-14(12-13)10-11-16-15-8-3-2-4-9-15/h3,8,13-16H,2,4-7,9-12H2,1H3. The Kier molecular flexibility index (Phi) is 4.90. The normalized spacial score (nSPS) is 35.2. The molecule has 1 saturated carbocycles. The topological polar surface area (TPSA) is 12.0 Å². The van der Waals surface area contributed by atoms with E-state index in [0.717, 1.165) is 11.8 Å². The van der Waals surface area contributed by atoms with E-state index in [1.54, 1.807) is 0 Å². The number of rotatable bonds is 4. The van der Waals surface area contributed by atoms with Crippen LogP contribution in [0.4, 0.5) is 0 Å². The van der Waals surface area contributed by atoms with E-state index in [9.17, 15) is 0 Å². The Morgan fingerprint density at radius 1 is 1.19 bits per heavy atom. The first-order valence-electron chi connectivity index (χ1n) is 7.24. The minimum Gasteiger partial charge on any atom is -0.311 e. The van der Waals surface area contributed by atoms with Crippen LogP contribution in [-0.4, -0.2) is 12.6 Å². The summed E-state index contributed by atoms with van der Waals surface area (Å²) in [6.45, 7) is 3.65. The van der Waals surface area contributed by atoms with Crippen LogP contribution >= 0.6 is 0 Å². The lowest BCUT2D eigenvalue weighted by atomic mass is 9.81. The van der Waals surface area contributed by atoms with Crippen molar-refractivity contribution in [2.24, 2.45) is 11.8 Å². The molecule has 1 N–H and O–H groups in total. The highest BCUT2D eigenvalue weighted by Crippen LogP contribution is 2.30. The summed E-state index contributed by atoms with van der Waals surface area (Å²) in [5.74, 6) is 1.98. The molecule has 0 radical (unpaired) electrons. The molecule has 1 nitrogen and oxygen atoms in total. The third-order valence-electron chi connectivity index (χ3n) is 4.26. The fourth-order valence-electron chi connectivity index (χ4n) is 3.28. The van der Waals surface area contributed by atoms with E-state index < -0.39 is 0 Å². The third kappa shape index (κ3) is 3.93. The Hall–Kier alpha value is -0.300. The van der Waals surface area contributed by atoms with E-state index in [1.807, 2.05) is 0 Å². The molecule has 0 aliphatic heterocycles.